The maximum Gasteiger partial charge on any atom is 0.250 e. The van der Waals surface area contributed by atoms with Crippen LogP contribution in [0.4, 0.5) is 0 Å². The van der Waals surface area contributed by atoms with E-state index >= 15 is 0 Å². The highest BCUT2D eigenvalue weighted by Gasteiger charge is 2.06. The second-order valence-corrected chi connectivity index (χ2v) is 3.84. The third-order valence-corrected chi connectivity index (χ3v) is 2.51. The molecule has 1 rings (SSSR count). The zero-order chi connectivity index (χ0) is 12.0. The Morgan fingerprint density at radius 3 is 2.88 bits per heavy atom. The molecular weight excluding hydrogens is 204 g/mol. The van der Waals surface area contributed by atoms with Gasteiger partial charge in [-0.3, -0.25) is 4.79 Å². The van der Waals surface area contributed by atoms with Crippen LogP contribution in [0, 0.1) is 6.92 Å². The normalized spacial score (nSPS) is 12.7. The molecule has 0 aliphatic rings. The molecule has 2 N–H and O–H groups in total. The Bertz CT molecular complexity index is 374. The van der Waals surface area contributed by atoms with Crippen molar-refractivity contribution in [3.63, 3.8) is 0 Å². The fourth-order valence-corrected chi connectivity index (χ4v) is 1.58. The first kappa shape index (κ1) is 12.9. The third kappa shape index (κ3) is 3.79. The molecule has 0 aromatic carbocycles. The number of pyridine rings is 1. The number of hydrogen-bond acceptors (Lipinski definition) is 3. The van der Waals surface area contributed by atoms with Crippen molar-refractivity contribution in [2.24, 2.45) is 5.73 Å². The Balaban J connectivity index is 2.56. The van der Waals surface area contributed by atoms with E-state index in [1.54, 1.807) is 10.6 Å². The van der Waals surface area contributed by atoms with E-state index in [-0.39, 0.29) is 11.7 Å². The van der Waals surface area contributed by atoms with E-state index in [2.05, 4.69) is 0 Å². The van der Waals surface area contributed by atoms with Gasteiger partial charge in [0.15, 0.2) is 0 Å². The number of aromatic nitrogens is 1. The van der Waals surface area contributed by atoms with Crippen LogP contribution in [-0.4, -0.2) is 23.8 Å². The lowest BCUT2D eigenvalue weighted by Gasteiger charge is -2.15. The Hall–Kier alpha value is -1.13. The molecule has 1 aromatic heterocycles. The van der Waals surface area contributed by atoms with Gasteiger partial charge in [-0.1, -0.05) is 0 Å². The largest absolute Gasteiger partial charge is 0.377 e. The first-order valence-corrected chi connectivity index (χ1v) is 5.66. The summed E-state index contributed by atoms with van der Waals surface area (Å²) in [4.78, 5) is 11.6. The quantitative estimate of drug-likeness (QED) is 0.781. The lowest BCUT2D eigenvalue weighted by molar-refractivity contribution is 0.0597. The SMILES string of the molecule is CCOC(CN)CCn1ccc(C)cc1=O. The van der Waals surface area contributed by atoms with Crippen molar-refractivity contribution in [2.45, 2.75) is 32.9 Å². The van der Waals surface area contributed by atoms with Crippen LogP contribution in [0.2, 0.25) is 0 Å². The minimum absolute atomic E-state index is 0.0345. The van der Waals surface area contributed by atoms with E-state index in [4.69, 9.17) is 10.5 Å². The molecule has 1 heterocycles. The first-order valence-electron chi connectivity index (χ1n) is 5.66. The van der Waals surface area contributed by atoms with E-state index in [9.17, 15) is 4.79 Å². The summed E-state index contributed by atoms with van der Waals surface area (Å²) < 4.78 is 7.13. The minimum atomic E-state index is 0.0345. The van der Waals surface area contributed by atoms with E-state index in [1.807, 2.05) is 26.1 Å². The first-order chi connectivity index (χ1) is 7.67. The van der Waals surface area contributed by atoms with E-state index in [0.717, 1.165) is 12.0 Å². The molecule has 0 aliphatic carbocycles. The topological polar surface area (TPSA) is 57.2 Å². The molecule has 1 unspecified atom stereocenters. The summed E-state index contributed by atoms with van der Waals surface area (Å²) in [6.45, 7) is 5.66. The van der Waals surface area contributed by atoms with Gasteiger partial charge in [0.1, 0.15) is 0 Å². The smallest absolute Gasteiger partial charge is 0.250 e. The van der Waals surface area contributed by atoms with Crippen LogP contribution in [0.15, 0.2) is 23.1 Å². The zero-order valence-corrected chi connectivity index (χ0v) is 9.98. The second kappa shape index (κ2) is 6.45. The van der Waals surface area contributed by atoms with Gasteiger partial charge in [0.2, 0.25) is 0 Å². The fourth-order valence-electron chi connectivity index (χ4n) is 1.58. The number of ether oxygens (including phenoxy) is 1. The molecule has 0 amide bonds. The Morgan fingerprint density at radius 2 is 2.31 bits per heavy atom. The maximum atomic E-state index is 11.6. The van der Waals surface area contributed by atoms with Crippen molar-refractivity contribution in [1.82, 2.24) is 4.57 Å². The van der Waals surface area contributed by atoms with E-state index in [1.165, 1.54) is 0 Å². The lowest BCUT2D eigenvalue weighted by Crippen LogP contribution is -2.28. The van der Waals surface area contributed by atoms with Gasteiger partial charge in [-0.2, -0.15) is 0 Å². The summed E-state index contributed by atoms with van der Waals surface area (Å²) >= 11 is 0. The molecule has 0 radical (unpaired) electrons. The number of nitrogens with two attached hydrogens (primary N) is 1. The molecule has 90 valence electrons. The molecule has 16 heavy (non-hydrogen) atoms. The van der Waals surface area contributed by atoms with Gasteiger partial charge in [0, 0.05) is 32.0 Å². The molecule has 0 bridgehead atoms. The van der Waals surface area contributed by atoms with E-state index in [0.29, 0.717) is 19.7 Å². The molecular formula is C12H20N2O2. The molecule has 0 saturated carbocycles. The van der Waals surface area contributed by atoms with Crippen LogP contribution < -0.4 is 11.3 Å². The van der Waals surface area contributed by atoms with E-state index < -0.39 is 0 Å². The molecule has 0 spiro atoms. The lowest BCUT2D eigenvalue weighted by atomic mass is 10.2. The van der Waals surface area contributed by atoms with Gasteiger partial charge in [0.05, 0.1) is 6.10 Å². The third-order valence-electron chi connectivity index (χ3n) is 2.51. The van der Waals surface area contributed by atoms with Crippen LogP contribution in [0.25, 0.3) is 0 Å². The van der Waals surface area contributed by atoms with Gasteiger partial charge in [0.25, 0.3) is 5.56 Å². The van der Waals surface area contributed by atoms with Gasteiger partial charge >= 0.3 is 0 Å². The van der Waals surface area contributed by atoms with Crippen LogP contribution in [0.3, 0.4) is 0 Å². The number of rotatable bonds is 6. The van der Waals surface area contributed by atoms with Crippen molar-refractivity contribution >= 4 is 0 Å². The van der Waals surface area contributed by atoms with Crippen molar-refractivity contribution in [3.05, 3.63) is 34.2 Å². The van der Waals surface area contributed by atoms with Gasteiger partial charge < -0.3 is 15.0 Å². The average Bonchev–Trinajstić information content (AvgIpc) is 2.26. The highest BCUT2D eigenvalue weighted by molar-refractivity contribution is 5.07. The highest BCUT2D eigenvalue weighted by atomic mass is 16.5. The monoisotopic (exact) mass is 224 g/mol. The number of nitrogens with zero attached hydrogens (tertiary/aromatic N) is 1. The van der Waals surface area contributed by atoms with Crippen LogP contribution in [0.5, 0.6) is 0 Å². The van der Waals surface area contributed by atoms with Crippen molar-refractivity contribution in [1.29, 1.82) is 0 Å². The summed E-state index contributed by atoms with van der Waals surface area (Å²) in [6, 6.07) is 3.57. The summed E-state index contributed by atoms with van der Waals surface area (Å²) in [7, 11) is 0. The molecule has 4 heteroatoms. The molecule has 0 saturated heterocycles. The average molecular weight is 224 g/mol. The Labute approximate surface area is 96.0 Å². The molecule has 1 atom stereocenters. The van der Waals surface area contributed by atoms with Crippen molar-refractivity contribution in [3.8, 4) is 0 Å². The molecule has 0 aliphatic heterocycles. The summed E-state index contributed by atoms with van der Waals surface area (Å²) in [5.41, 5.74) is 6.59. The Kier molecular flexibility index (Phi) is 5.22. The van der Waals surface area contributed by atoms with Crippen LogP contribution in [-0.2, 0) is 11.3 Å². The summed E-state index contributed by atoms with van der Waals surface area (Å²) in [6.07, 6.45) is 2.63. The zero-order valence-electron chi connectivity index (χ0n) is 9.98. The number of hydrogen-bond donors (Lipinski definition) is 1. The minimum Gasteiger partial charge on any atom is -0.377 e. The predicted molar refractivity (Wildman–Crippen MR) is 64.5 cm³/mol. The van der Waals surface area contributed by atoms with Gasteiger partial charge in [-0.15, -0.1) is 0 Å². The second-order valence-electron chi connectivity index (χ2n) is 3.84. The summed E-state index contributed by atoms with van der Waals surface area (Å²) in [5.74, 6) is 0. The van der Waals surface area contributed by atoms with Gasteiger partial charge in [-0.05, 0) is 31.9 Å². The maximum absolute atomic E-state index is 11.6. The van der Waals surface area contributed by atoms with Crippen molar-refractivity contribution < 1.29 is 4.74 Å². The fraction of sp³-hybridized carbons (Fsp3) is 0.583. The Morgan fingerprint density at radius 1 is 1.56 bits per heavy atom. The van der Waals surface area contributed by atoms with Crippen LogP contribution in [0.1, 0.15) is 18.9 Å². The predicted octanol–water partition coefficient (Wildman–Crippen LogP) is 0.911. The molecule has 0 fully saturated rings. The summed E-state index contributed by atoms with van der Waals surface area (Å²) in [5, 5.41) is 0. The van der Waals surface area contributed by atoms with Crippen LogP contribution >= 0.6 is 0 Å². The van der Waals surface area contributed by atoms with Crippen molar-refractivity contribution in [2.75, 3.05) is 13.2 Å². The standard InChI is InChI=1S/C12H20N2O2/c1-3-16-11(9-13)5-7-14-6-4-10(2)8-12(14)15/h4,6,8,11H,3,5,7,9,13H2,1-2H3. The molecule has 1 aromatic rings. The molecule has 4 nitrogen and oxygen atoms in total. The van der Waals surface area contributed by atoms with Gasteiger partial charge in [-0.25, -0.2) is 0 Å². The highest BCUT2D eigenvalue weighted by Crippen LogP contribution is 1.99. The number of aryl methyl sites for hydroxylation is 2.